The van der Waals surface area contributed by atoms with Crippen molar-refractivity contribution in [1.29, 1.82) is 0 Å². The summed E-state index contributed by atoms with van der Waals surface area (Å²) in [4.78, 5) is 11.9. The molecule has 10 heavy (non-hydrogen) atoms. The summed E-state index contributed by atoms with van der Waals surface area (Å²) >= 11 is 4.25. The molecule has 0 aliphatic rings. The summed E-state index contributed by atoms with van der Waals surface area (Å²) in [6.45, 7) is 6.48. The van der Waals surface area contributed by atoms with Crippen LogP contribution in [-0.2, 0) is 19.8 Å². The summed E-state index contributed by atoms with van der Waals surface area (Å²) in [5.41, 5.74) is 0.484. The second-order valence-electron chi connectivity index (χ2n) is 1.46. The third-order valence-corrected chi connectivity index (χ3v) is 1.09. The Labute approximate surface area is 69.7 Å². The van der Waals surface area contributed by atoms with Crippen molar-refractivity contribution in [2.75, 3.05) is 0 Å². The van der Waals surface area contributed by atoms with E-state index in [1.807, 2.05) is 0 Å². The molecule has 0 aromatic heterocycles. The predicted molar refractivity (Wildman–Crippen MR) is 40.1 cm³/mol. The smallest absolute Gasteiger partial charge is 0.358 e. The zero-order valence-corrected chi connectivity index (χ0v) is 7.02. The monoisotopic (exact) mass is 180 g/mol. The van der Waals surface area contributed by atoms with Crippen LogP contribution < -0.4 is 0 Å². The van der Waals surface area contributed by atoms with Crippen molar-refractivity contribution in [2.45, 2.75) is 6.92 Å². The van der Waals surface area contributed by atoms with Crippen molar-refractivity contribution in [3.8, 4) is 0 Å². The van der Waals surface area contributed by atoms with Gasteiger partial charge in [0.05, 0.1) is 0 Å². The molecule has 0 saturated heterocycles. The molecule has 0 aromatic rings. The van der Waals surface area contributed by atoms with Gasteiger partial charge in [-0.25, -0.2) is 0 Å². The molecule has 0 amide bonds. The van der Waals surface area contributed by atoms with Gasteiger partial charge in [-0.1, -0.05) is 0 Å². The number of rotatable bonds is 3. The first-order valence-electron chi connectivity index (χ1n) is 2.38. The van der Waals surface area contributed by atoms with Gasteiger partial charge in [0, 0.05) is 0 Å². The normalized spacial score (nSPS) is 9.70. The van der Waals surface area contributed by atoms with E-state index < -0.39 is 0 Å². The minimum Gasteiger partial charge on any atom is -0.358 e. The molecule has 60 valence electrons. The molecule has 0 unspecified atom stereocenters. The number of Topliss-reactive ketones (excluding diaryl/α,β-unsaturated/α-hetero) is 1. The molecule has 0 N–H and O–H groups in total. The van der Waals surface area contributed by atoms with Gasteiger partial charge in [0.15, 0.2) is 0 Å². The van der Waals surface area contributed by atoms with Crippen molar-refractivity contribution >= 4 is 10.8 Å². The first kappa shape index (κ1) is 12.2. The van der Waals surface area contributed by atoms with Gasteiger partial charge in [0.2, 0.25) is 0 Å². The Morgan fingerprint density at radius 2 is 2.10 bits per heavy atom. The first-order valence-corrected chi connectivity index (χ1v) is 2.95. The largest absolute Gasteiger partial charge is 0.358 e. The summed E-state index contributed by atoms with van der Waals surface area (Å²) in [7, 11) is 0. The molecular formula is C8H10NiO-2. The van der Waals surface area contributed by atoms with Crippen LogP contribution in [0.4, 0.5) is 0 Å². The maximum absolute atomic E-state index is 10.5. The number of ketones is 1. The Hall–Kier alpha value is -0.486. The van der Waals surface area contributed by atoms with Gasteiger partial charge < -0.3 is 7.43 Å². The van der Waals surface area contributed by atoms with E-state index in [-0.39, 0.29) is 13.2 Å². The van der Waals surface area contributed by atoms with E-state index in [9.17, 15) is 4.79 Å². The van der Waals surface area contributed by atoms with Crippen molar-refractivity contribution in [2.24, 2.45) is 0 Å². The van der Waals surface area contributed by atoms with Crippen molar-refractivity contribution in [3.05, 3.63) is 31.7 Å². The molecule has 0 rings (SSSR count). The summed E-state index contributed by atoms with van der Waals surface area (Å²) in [5.74, 6) is -0.0528. The summed E-state index contributed by atoms with van der Waals surface area (Å²) < 4.78 is 0. The molecule has 0 aromatic carbocycles. The van der Waals surface area contributed by atoms with Crippen LogP contribution in [0, 0.1) is 14.0 Å². The SMILES string of the molecule is [CH-]=C/C=C(\[CH]=[Ni])C(C)=O.[CH3-]. The Balaban J connectivity index is 0. The van der Waals surface area contributed by atoms with Gasteiger partial charge in [0.1, 0.15) is 0 Å². The van der Waals surface area contributed by atoms with Crippen LogP contribution in [0.25, 0.3) is 0 Å². The zero-order chi connectivity index (χ0) is 7.28. The number of hydrogen-bond acceptors (Lipinski definition) is 1. The number of allylic oxidation sites excluding steroid dienone is 3. The molecule has 0 spiro atoms. The third kappa shape index (κ3) is 4.40. The zero-order valence-electron chi connectivity index (χ0n) is 6.03. The summed E-state index contributed by atoms with van der Waals surface area (Å²) in [5, 5.41) is 0. The number of carbonyl (C=O) groups is 1. The van der Waals surface area contributed by atoms with E-state index in [0.717, 1.165) is 0 Å². The van der Waals surface area contributed by atoms with Crippen LogP contribution in [0.1, 0.15) is 6.92 Å². The predicted octanol–water partition coefficient (Wildman–Crippen LogP) is 1.29. The van der Waals surface area contributed by atoms with Crippen molar-refractivity contribution in [3.63, 3.8) is 0 Å². The Morgan fingerprint density at radius 3 is 2.20 bits per heavy atom. The molecule has 1 nitrogen and oxygen atoms in total. The second kappa shape index (κ2) is 6.63. The van der Waals surface area contributed by atoms with Crippen LogP contribution in [0.3, 0.4) is 0 Å². The molecule has 0 saturated carbocycles. The van der Waals surface area contributed by atoms with Gasteiger partial charge >= 0.3 is 61.8 Å². The molecule has 0 heterocycles. The molecule has 0 bridgehead atoms. The fraction of sp³-hybridized carbons (Fsp3) is 0.125. The molecule has 0 aliphatic carbocycles. The average molecular weight is 181 g/mol. The van der Waals surface area contributed by atoms with Gasteiger partial charge in [-0.05, 0) is 0 Å². The van der Waals surface area contributed by atoms with Crippen molar-refractivity contribution < 1.29 is 19.8 Å². The molecule has 0 atom stereocenters. The maximum atomic E-state index is 10.5. The summed E-state index contributed by atoms with van der Waals surface area (Å²) in [6.07, 6.45) is 2.79. The molecule has 0 aliphatic heterocycles. The first-order chi connectivity index (χ1) is 4.22. The minimum absolute atomic E-state index is 0. The maximum Gasteiger partial charge on any atom is -0.358 e. The van der Waals surface area contributed by atoms with E-state index in [1.54, 1.807) is 0 Å². The van der Waals surface area contributed by atoms with E-state index in [1.165, 1.54) is 24.1 Å². The molecule has 2 heteroatoms. The number of carbonyl (C=O) groups excluding carboxylic acids is 1. The van der Waals surface area contributed by atoms with Gasteiger partial charge in [-0.15, -0.1) is 0 Å². The second-order valence-corrected chi connectivity index (χ2v) is 1.75. The summed E-state index contributed by atoms with van der Waals surface area (Å²) in [6, 6.07) is 0. The fourth-order valence-corrected chi connectivity index (χ4v) is 0.612. The molecular weight excluding hydrogens is 171 g/mol. The van der Waals surface area contributed by atoms with E-state index in [0.29, 0.717) is 5.57 Å². The average Bonchev–Trinajstić information content (AvgIpc) is 1.82. The van der Waals surface area contributed by atoms with Crippen LogP contribution in [0.15, 0.2) is 17.7 Å². The van der Waals surface area contributed by atoms with E-state index >= 15 is 0 Å². The quantitative estimate of drug-likeness (QED) is 0.277. The molecule has 0 fully saturated rings. The van der Waals surface area contributed by atoms with Crippen LogP contribution in [-0.4, -0.2) is 10.8 Å². The fourth-order valence-electron chi connectivity index (χ4n) is 0.316. The molecule has 0 radical (unpaired) electrons. The standard InChI is InChI=1S/C7H7O.CH3.Ni/c1-4-5-6(2)7(3)8;;/h1-2,4-5H,3H3;1H3;/q2*-1;/b6-5+;;. The van der Waals surface area contributed by atoms with Crippen LogP contribution in [0.2, 0.25) is 0 Å². The third-order valence-electron chi connectivity index (χ3n) is 0.781. The van der Waals surface area contributed by atoms with Crippen LogP contribution >= 0.6 is 0 Å². The van der Waals surface area contributed by atoms with Gasteiger partial charge in [-0.2, -0.15) is 0 Å². The van der Waals surface area contributed by atoms with Crippen LogP contribution in [0.5, 0.6) is 0 Å². The Morgan fingerprint density at radius 1 is 1.60 bits per heavy atom. The van der Waals surface area contributed by atoms with E-state index in [4.69, 9.17) is 6.58 Å². The van der Waals surface area contributed by atoms with Crippen molar-refractivity contribution in [1.82, 2.24) is 0 Å². The Bertz CT molecular complexity index is 168. The topological polar surface area (TPSA) is 17.1 Å². The minimum atomic E-state index is -0.0528. The van der Waals surface area contributed by atoms with Gasteiger partial charge in [-0.3, -0.25) is 0 Å². The van der Waals surface area contributed by atoms with Gasteiger partial charge in [0.25, 0.3) is 0 Å². The van der Waals surface area contributed by atoms with E-state index in [2.05, 4.69) is 15.0 Å². The number of hydrogen-bond donors (Lipinski definition) is 0. The Kier molecular flexibility index (Phi) is 8.10.